The largest absolute Gasteiger partial charge is 0.397 e. The third kappa shape index (κ3) is 3.61. The number of nitrogens with zero attached hydrogens (tertiary/aromatic N) is 1. The standard InChI is InChI=1S/C13H9ClIN3O3/c14-11-6-9(18(20)21)5-10(12(11)16)13(19)17-8-3-1-2-7(15)4-8/h1-6H,16H2,(H,17,19). The molecule has 0 saturated heterocycles. The molecule has 0 aliphatic heterocycles. The summed E-state index contributed by atoms with van der Waals surface area (Å²) in [5.41, 5.74) is 5.96. The second-order valence-corrected chi connectivity index (χ2v) is 5.76. The Hall–Kier alpha value is -1.87. The highest BCUT2D eigenvalue weighted by Gasteiger charge is 2.19. The maximum atomic E-state index is 12.2. The van der Waals surface area contributed by atoms with Crippen LogP contribution >= 0.6 is 34.2 Å². The molecule has 0 saturated carbocycles. The lowest BCUT2D eigenvalue weighted by molar-refractivity contribution is -0.384. The van der Waals surface area contributed by atoms with Gasteiger partial charge in [0.05, 0.1) is 21.2 Å². The predicted octanol–water partition coefficient (Wildman–Crippen LogP) is 3.69. The van der Waals surface area contributed by atoms with Crippen LogP contribution in [0.1, 0.15) is 10.4 Å². The van der Waals surface area contributed by atoms with Gasteiger partial charge in [-0.2, -0.15) is 0 Å². The molecule has 2 aromatic carbocycles. The van der Waals surface area contributed by atoms with Crippen molar-refractivity contribution in [3.05, 3.63) is 60.7 Å². The summed E-state index contributed by atoms with van der Waals surface area (Å²) in [6, 6.07) is 9.32. The van der Waals surface area contributed by atoms with Gasteiger partial charge < -0.3 is 11.1 Å². The Kier molecular flexibility index (Phi) is 4.63. The van der Waals surface area contributed by atoms with Crippen LogP contribution in [0.15, 0.2) is 36.4 Å². The highest BCUT2D eigenvalue weighted by molar-refractivity contribution is 14.1. The summed E-state index contributed by atoms with van der Waals surface area (Å²) < 4.78 is 0.940. The smallest absolute Gasteiger partial charge is 0.271 e. The minimum Gasteiger partial charge on any atom is -0.397 e. The van der Waals surface area contributed by atoms with Gasteiger partial charge >= 0.3 is 0 Å². The molecule has 21 heavy (non-hydrogen) atoms. The van der Waals surface area contributed by atoms with Crippen molar-refractivity contribution in [1.29, 1.82) is 0 Å². The van der Waals surface area contributed by atoms with Gasteiger partial charge in [-0.25, -0.2) is 0 Å². The minimum absolute atomic E-state index is 0.00500. The normalized spacial score (nSPS) is 10.2. The van der Waals surface area contributed by atoms with Crippen LogP contribution in [0.5, 0.6) is 0 Å². The second-order valence-electron chi connectivity index (χ2n) is 4.11. The number of rotatable bonds is 3. The van der Waals surface area contributed by atoms with Crippen LogP contribution in [0.4, 0.5) is 17.1 Å². The van der Waals surface area contributed by atoms with Crippen molar-refractivity contribution in [3.8, 4) is 0 Å². The Morgan fingerprint density at radius 2 is 2.05 bits per heavy atom. The van der Waals surface area contributed by atoms with Gasteiger partial charge in [0.15, 0.2) is 0 Å². The zero-order valence-electron chi connectivity index (χ0n) is 10.5. The number of nitro groups is 1. The maximum absolute atomic E-state index is 12.2. The van der Waals surface area contributed by atoms with Crippen LogP contribution in [-0.4, -0.2) is 10.8 Å². The van der Waals surface area contributed by atoms with Crippen molar-refractivity contribution in [3.63, 3.8) is 0 Å². The van der Waals surface area contributed by atoms with Crippen LogP contribution in [-0.2, 0) is 0 Å². The topological polar surface area (TPSA) is 98.3 Å². The molecule has 0 spiro atoms. The van der Waals surface area contributed by atoms with E-state index in [9.17, 15) is 14.9 Å². The van der Waals surface area contributed by atoms with Gasteiger partial charge in [-0.1, -0.05) is 17.7 Å². The molecule has 0 bridgehead atoms. The van der Waals surface area contributed by atoms with Crippen molar-refractivity contribution in [2.75, 3.05) is 11.1 Å². The minimum atomic E-state index is -0.631. The van der Waals surface area contributed by atoms with Crippen LogP contribution in [0.25, 0.3) is 0 Å². The first-order chi connectivity index (χ1) is 9.88. The van der Waals surface area contributed by atoms with Crippen molar-refractivity contribution in [1.82, 2.24) is 0 Å². The molecular formula is C13H9ClIN3O3. The number of amides is 1. The summed E-state index contributed by atoms with van der Waals surface area (Å²) in [5.74, 6) is -0.555. The monoisotopic (exact) mass is 417 g/mol. The van der Waals surface area contributed by atoms with Gasteiger partial charge in [0.1, 0.15) is 0 Å². The number of nitrogens with one attached hydrogen (secondary N) is 1. The summed E-state index contributed by atoms with van der Waals surface area (Å²) >= 11 is 7.93. The Balaban J connectivity index is 2.37. The molecule has 0 aliphatic carbocycles. The number of nitro benzene ring substituents is 1. The SMILES string of the molecule is Nc1c(Cl)cc([N+](=O)[O-])cc1C(=O)Nc1cccc(I)c1. The molecule has 0 heterocycles. The van der Waals surface area contributed by atoms with Crippen molar-refractivity contribution in [2.24, 2.45) is 0 Å². The molecule has 0 aliphatic rings. The fraction of sp³-hybridized carbons (Fsp3) is 0. The summed E-state index contributed by atoms with van der Waals surface area (Å²) in [7, 11) is 0. The Bertz CT molecular complexity index is 737. The molecule has 2 rings (SSSR count). The van der Waals surface area contributed by atoms with E-state index >= 15 is 0 Å². The van der Waals surface area contributed by atoms with E-state index in [0.717, 1.165) is 15.7 Å². The van der Waals surface area contributed by atoms with Crippen LogP contribution in [0.2, 0.25) is 5.02 Å². The average Bonchev–Trinajstić information content (AvgIpc) is 2.41. The molecule has 0 atom stereocenters. The number of benzene rings is 2. The number of carbonyl (C=O) groups excluding carboxylic acids is 1. The van der Waals surface area contributed by atoms with Gasteiger partial charge in [0, 0.05) is 21.4 Å². The quantitative estimate of drug-likeness (QED) is 0.344. The molecule has 6 nitrogen and oxygen atoms in total. The molecule has 8 heteroatoms. The Morgan fingerprint density at radius 3 is 2.67 bits per heavy atom. The zero-order valence-corrected chi connectivity index (χ0v) is 13.4. The van der Waals surface area contributed by atoms with E-state index in [1.807, 2.05) is 6.07 Å². The van der Waals surface area contributed by atoms with E-state index in [-0.39, 0.29) is 22.0 Å². The lowest BCUT2D eigenvalue weighted by atomic mass is 10.1. The third-order valence-electron chi connectivity index (χ3n) is 2.65. The predicted molar refractivity (Wildman–Crippen MR) is 89.6 cm³/mol. The Morgan fingerprint density at radius 1 is 1.33 bits per heavy atom. The molecular weight excluding hydrogens is 409 g/mol. The van der Waals surface area contributed by atoms with E-state index in [4.69, 9.17) is 17.3 Å². The third-order valence-corrected chi connectivity index (χ3v) is 3.64. The van der Waals surface area contributed by atoms with Gasteiger partial charge in [-0.3, -0.25) is 14.9 Å². The second kappa shape index (κ2) is 6.27. The number of hydrogen-bond donors (Lipinski definition) is 2. The van der Waals surface area contributed by atoms with E-state index in [2.05, 4.69) is 27.9 Å². The fourth-order valence-corrected chi connectivity index (χ4v) is 2.42. The van der Waals surface area contributed by atoms with Crippen LogP contribution < -0.4 is 11.1 Å². The lowest BCUT2D eigenvalue weighted by Gasteiger charge is -2.09. The van der Waals surface area contributed by atoms with E-state index < -0.39 is 10.8 Å². The van der Waals surface area contributed by atoms with Crippen molar-refractivity contribution < 1.29 is 9.72 Å². The van der Waals surface area contributed by atoms with E-state index in [0.29, 0.717) is 5.69 Å². The zero-order chi connectivity index (χ0) is 15.6. The summed E-state index contributed by atoms with van der Waals surface area (Å²) in [5, 5.41) is 13.4. The highest BCUT2D eigenvalue weighted by Crippen LogP contribution is 2.29. The molecule has 2 aromatic rings. The first-order valence-electron chi connectivity index (χ1n) is 5.69. The fourth-order valence-electron chi connectivity index (χ4n) is 1.66. The van der Waals surface area contributed by atoms with Gasteiger partial charge in [0.25, 0.3) is 11.6 Å². The molecule has 0 fully saturated rings. The highest BCUT2D eigenvalue weighted by atomic mass is 127. The number of anilines is 2. The molecule has 0 aromatic heterocycles. The van der Waals surface area contributed by atoms with E-state index in [1.54, 1.807) is 18.2 Å². The number of hydrogen-bond acceptors (Lipinski definition) is 4. The number of nitrogens with two attached hydrogens (primary N) is 1. The van der Waals surface area contributed by atoms with Crippen LogP contribution in [0.3, 0.4) is 0 Å². The summed E-state index contributed by atoms with van der Waals surface area (Å²) in [6.45, 7) is 0. The number of non-ortho nitro benzene ring substituents is 1. The van der Waals surface area contributed by atoms with Crippen molar-refractivity contribution >= 4 is 57.2 Å². The summed E-state index contributed by atoms with van der Waals surface area (Å²) in [4.78, 5) is 22.4. The molecule has 0 radical (unpaired) electrons. The maximum Gasteiger partial charge on any atom is 0.271 e. The molecule has 1 amide bonds. The van der Waals surface area contributed by atoms with E-state index in [1.165, 1.54) is 0 Å². The van der Waals surface area contributed by atoms with Gasteiger partial charge in [-0.05, 0) is 40.8 Å². The van der Waals surface area contributed by atoms with Crippen molar-refractivity contribution in [2.45, 2.75) is 0 Å². The first-order valence-corrected chi connectivity index (χ1v) is 7.14. The van der Waals surface area contributed by atoms with Gasteiger partial charge in [-0.15, -0.1) is 0 Å². The number of halogens is 2. The molecule has 0 unspecified atom stereocenters. The summed E-state index contributed by atoms with van der Waals surface area (Å²) in [6.07, 6.45) is 0. The molecule has 3 N–H and O–H groups in total. The number of nitrogen functional groups attached to an aromatic ring is 1. The average molecular weight is 418 g/mol. The lowest BCUT2D eigenvalue weighted by Crippen LogP contribution is -2.14. The first kappa shape index (κ1) is 15.5. The Labute approximate surface area is 138 Å². The molecule has 108 valence electrons. The number of carbonyl (C=O) groups is 1. The van der Waals surface area contributed by atoms with Gasteiger partial charge in [0.2, 0.25) is 0 Å². The van der Waals surface area contributed by atoms with Crippen LogP contribution in [0, 0.1) is 13.7 Å².